The Morgan fingerprint density at radius 2 is 1.90 bits per heavy atom. The topological polar surface area (TPSA) is 88.1 Å². The van der Waals surface area contributed by atoms with Crippen molar-refractivity contribution >= 4 is 34.9 Å². The first-order valence-electron chi connectivity index (χ1n) is 12.2. The van der Waals surface area contributed by atoms with Crippen LogP contribution in [0.15, 0.2) is 48.8 Å². The molecule has 4 heterocycles. The molecule has 1 saturated heterocycles. The fourth-order valence-electron chi connectivity index (χ4n) is 4.79. The first-order chi connectivity index (χ1) is 18.5. The summed E-state index contributed by atoms with van der Waals surface area (Å²) < 4.78 is 35.7. The Morgan fingerprint density at radius 3 is 2.56 bits per heavy atom. The molecule has 0 aliphatic carbocycles. The Balaban J connectivity index is 1.49. The highest BCUT2D eigenvalue weighted by Gasteiger charge is 2.30. The lowest BCUT2D eigenvalue weighted by Gasteiger charge is -2.23. The molecule has 1 atom stereocenters. The van der Waals surface area contributed by atoms with Crippen LogP contribution in [0.2, 0.25) is 0 Å². The van der Waals surface area contributed by atoms with Gasteiger partial charge in [-0.25, -0.2) is 4.98 Å². The number of ether oxygens (including phenoxy) is 2. The summed E-state index contributed by atoms with van der Waals surface area (Å²) in [6.07, 6.45) is 4.09. The second-order valence-electron chi connectivity index (χ2n) is 9.47. The average molecular weight is 558 g/mol. The van der Waals surface area contributed by atoms with Crippen LogP contribution in [0.3, 0.4) is 0 Å². The van der Waals surface area contributed by atoms with Crippen LogP contribution in [0, 0.1) is 0 Å². The van der Waals surface area contributed by atoms with Gasteiger partial charge in [-0.15, -0.1) is 8.78 Å². The molecule has 0 radical (unpaired) electrons. The zero-order valence-electron chi connectivity index (χ0n) is 21.5. The molecule has 12 heteroatoms. The van der Waals surface area contributed by atoms with Gasteiger partial charge in [-0.2, -0.15) is 0 Å². The molecule has 9 nitrogen and oxygen atoms in total. The lowest BCUT2D eigenvalue weighted by Crippen LogP contribution is -2.27. The number of rotatable bonds is 7. The molecule has 2 amide bonds. The minimum absolute atomic E-state index is 0.0613. The van der Waals surface area contributed by atoms with Gasteiger partial charge in [-0.3, -0.25) is 14.6 Å². The molecule has 1 aromatic carbocycles. The van der Waals surface area contributed by atoms with E-state index >= 15 is 0 Å². The van der Waals surface area contributed by atoms with Gasteiger partial charge in [0.2, 0.25) is 0 Å². The van der Waals surface area contributed by atoms with E-state index in [4.69, 9.17) is 16.3 Å². The number of carbonyl (C=O) groups is 2. The number of carbonyl (C=O) groups excluding carboxylic acids is 2. The van der Waals surface area contributed by atoms with Crippen molar-refractivity contribution in [2.24, 2.45) is 0 Å². The van der Waals surface area contributed by atoms with Crippen molar-refractivity contribution in [3.63, 3.8) is 0 Å². The van der Waals surface area contributed by atoms with E-state index in [0.29, 0.717) is 52.5 Å². The van der Waals surface area contributed by atoms with Crippen LogP contribution in [0.5, 0.6) is 5.75 Å². The van der Waals surface area contributed by atoms with Gasteiger partial charge < -0.3 is 24.2 Å². The van der Waals surface area contributed by atoms with E-state index in [1.807, 2.05) is 0 Å². The number of methoxy groups -OCH3 is 1. The first-order valence-corrected chi connectivity index (χ1v) is 12.6. The molecule has 2 aliphatic heterocycles. The van der Waals surface area contributed by atoms with Crippen molar-refractivity contribution < 1.29 is 27.8 Å². The van der Waals surface area contributed by atoms with Crippen LogP contribution >= 0.6 is 11.6 Å². The average Bonchev–Trinajstić information content (AvgIpc) is 3.51. The number of benzene rings is 1. The normalized spacial score (nSPS) is 17.0. The van der Waals surface area contributed by atoms with Crippen molar-refractivity contribution in [2.75, 3.05) is 44.1 Å². The third-order valence-corrected chi connectivity index (χ3v) is 6.98. The number of amides is 2. The first kappa shape index (κ1) is 26.8. The number of halogens is 3. The summed E-state index contributed by atoms with van der Waals surface area (Å²) in [5.41, 5.74) is -0.527. The Morgan fingerprint density at radius 1 is 1.15 bits per heavy atom. The highest BCUT2D eigenvalue weighted by Crippen LogP contribution is 2.35. The fourth-order valence-corrected chi connectivity index (χ4v) is 4.88. The number of pyridine rings is 2. The Kier molecular flexibility index (Phi) is 7.13. The van der Waals surface area contributed by atoms with Gasteiger partial charge in [0, 0.05) is 75.1 Å². The summed E-state index contributed by atoms with van der Waals surface area (Å²) in [5.74, 6) is 0.0450. The summed E-state index contributed by atoms with van der Waals surface area (Å²) in [6.45, 7) is 1.80. The Labute approximate surface area is 228 Å². The third kappa shape index (κ3) is 5.50. The molecular formula is C27H26ClF2N5O4. The molecule has 0 bridgehead atoms. The predicted octanol–water partition coefficient (Wildman–Crippen LogP) is 4.40. The number of hydrogen-bond donors (Lipinski definition) is 0. The lowest BCUT2D eigenvalue weighted by molar-refractivity contribution is -0.0964. The van der Waals surface area contributed by atoms with E-state index in [-0.39, 0.29) is 23.7 Å². The second-order valence-corrected chi connectivity index (χ2v) is 9.91. The zero-order chi connectivity index (χ0) is 27.9. The quantitative estimate of drug-likeness (QED) is 0.398. The van der Waals surface area contributed by atoms with E-state index in [1.54, 1.807) is 44.4 Å². The molecule has 0 N–H and O–H groups in total. The Hall–Kier alpha value is -3.83. The van der Waals surface area contributed by atoms with E-state index in [1.165, 1.54) is 35.4 Å². The van der Waals surface area contributed by atoms with E-state index in [0.717, 1.165) is 13.0 Å². The van der Waals surface area contributed by atoms with Crippen LogP contribution in [-0.2, 0) is 11.3 Å². The number of hydrogen-bond acceptors (Lipinski definition) is 7. The molecule has 204 valence electrons. The fraction of sp³-hybridized carbons (Fsp3) is 0.333. The van der Waals surface area contributed by atoms with Crippen molar-refractivity contribution in [2.45, 2.75) is 24.6 Å². The minimum atomic E-state index is -3.84. The van der Waals surface area contributed by atoms with Gasteiger partial charge in [-0.05, 0) is 42.8 Å². The third-order valence-electron chi connectivity index (χ3n) is 6.90. The molecule has 0 saturated carbocycles. The zero-order valence-corrected chi connectivity index (χ0v) is 22.3. The van der Waals surface area contributed by atoms with Gasteiger partial charge in [0.25, 0.3) is 11.8 Å². The number of nitrogens with zero attached hydrogens (tertiary/aromatic N) is 5. The predicted molar refractivity (Wildman–Crippen MR) is 141 cm³/mol. The highest BCUT2D eigenvalue weighted by atomic mass is 35.5. The summed E-state index contributed by atoms with van der Waals surface area (Å²) in [5, 5.41) is 0. The van der Waals surface area contributed by atoms with Gasteiger partial charge in [0.15, 0.2) is 0 Å². The highest BCUT2D eigenvalue weighted by molar-refractivity contribution is 6.20. The Bertz CT molecular complexity index is 1420. The number of anilines is 2. The van der Waals surface area contributed by atoms with Crippen molar-refractivity contribution in [3.8, 4) is 16.9 Å². The van der Waals surface area contributed by atoms with Crippen LogP contribution in [0.25, 0.3) is 11.1 Å². The second kappa shape index (κ2) is 10.4. The standard InChI is InChI=1S/C27H26ClF2N5O4/c1-33-15-23-22(26(33)37)10-16(12-31-23)21-11-17(13-32-24(21)35-9-8-20(14-35)38-3)25(36)34(2)18-4-6-19(7-5-18)39-27(28,29)30/h4-7,10-13,20H,8-9,14-15H2,1-3H3/t20-/m0/s1. The number of alkyl halides is 3. The van der Waals surface area contributed by atoms with Gasteiger partial charge in [0.05, 0.1) is 29.5 Å². The summed E-state index contributed by atoms with van der Waals surface area (Å²) in [4.78, 5) is 40.4. The van der Waals surface area contributed by atoms with Crippen LogP contribution < -0.4 is 14.5 Å². The molecule has 39 heavy (non-hydrogen) atoms. The van der Waals surface area contributed by atoms with E-state index < -0.39 is 5.57 Å². The SMILES string of the molecule is CO[C@H]1CCN(c2ncc(C(=O)N(C)c3ccc(OC(F)(F)Cl)cc3)cc2-c2cnc3c(c2)C(=O)N(C)C3)C1. The van der Waals surface area contributed by atoms with Crippen molar-refractivity contribution in [3.05, 3.63) is 65.6 Å². The van der Waals surface area contributed by atoms with Gasteiger partial charge >= 0.3 is 5.57 Å². The molecule has 3 aromatic rings. The molecule has 2 aliphatic rings. The van der Waals surface area contributed by atoms with E-state index in [9.17, 15) is 18.4 Å². The van der Waals surface area contributed by atoms with Crippen LogP contribution in [-0.4, -0.2) is 72.6 Å². The maximum absolute atomic E-state index is 13.5. The van der Waals surface area contributed by atoms with Crippen LogP contribution in [0.1, 0.15) is 32.8 Å². The van der Waals surface area contributed by atoms with Crippen molar-refractivity contribution in [1.82, 2.24) is 14.9 Å². The summed E-state index contributed by atoms with van der Waals surface area (Å²) in [7, 11) is 4.96. The maximum atomic E-state index is 13.5. The minimum Gasteiger partial charge on any atom is -0.420 e. The number of fused-ring (bicyclic) bond motifs is 1. The van der Waals surface area contributed by atoms with Crippen LogP contribution in [0.4, 0.5) is 20.3 Å². The smallest absolute Gasteiger partial charge is 0.420 e. The molecular weight excluding hydrogens is 532 g/mol. The molecule has 5 rings (SSSR count). The van der Waals surface area contributed by atoms with Crippen molar-refractivity contribution in [1.29, 1.82) is 0 Å². The largest absolute Gasteiger partial charge is 0.487 e. The lowest BCUT2D eigenvalue weighted by atomic mass is 10.0. The molecule has 1 fully saturated rings. The van der Waals surface area contributed by atoms with Gasteiger partial charge in [-0.1, -0.05) is 0 Å². The monoisotopic (exact) mass is 557 g/mol. The summed E-state index contributed by atoms with van der Waals surface area (Å²) in [6, 6.07) is 9.07. The van der Waals surface area contributed by atoms with Gasteiger partial charge in [0.1, 0.15) is 11.6 Å². The number of aromatic nitrogens is 2. The molecule has 0 unspecified atom stereocenters. The maximum Gasteiger partial charge on any atom is 0.487 e. The van der Waals surface area contributed by atoms with E-state index in [2.05, 4.69) is 19.6 Å². The summed E-state index contributed by atoms with van der Waals surface area (Å²) >= 11 is 4.83. The molecule has 2 aromatic heterocycles. The molecule has 0 spiro atoms.